The van der Waals surface area contributed by atoms with Gasteiger partial charge in [0, 0.05) is 31.8 Å². The van der Waals surface area contributed by atoms with Crippen molar-refractivity contribution >= 4 is 21.4 Å². The zero-order valence-electron chi connectivity index (χ0n) is 14.9. The minimum atomic E-state index is -3.78. The van der Waals surface area contributed by atoms with E-state index in [1.807, 2.05) is 6.92 Å². The van der Waals surface area contributed by atoms with Gasteiger partial charge in [-0.3, -0.25) is 10.1 Å². The number of sulfonamides is 1. The van der Waals surface area contributed by atoms with Crippen molar-refractivity contribution in [3.05, 3.63) is 28.3 Å². The van der Waals surface area contributed by atoms with Crippen LogP contribution in [0.2, 0.25) is 0 Å². The molecule has 8 nitrogen and oxygen atoms in total. The molecule has 2 saturated heterocycles. The number of anilines is 1. The second-order valence-corrected chi connectivity index (χ2v) is 8.67. The molecule has 144 valence electrons. The molecule has 26 heavy (non-hydrogen) atoms. The molecule has 0 spiro atoms. The van der Waals surface area contributed by atoms with Gasteiger partial charge in [0.15, 0.2) is 0 Å². The van der Waals surface area contributed by atoms with Crippen LogP contribution in [-0.4, -0.2) is 49.5 Å². The fourth-order valence-corrected chi connectivity index (χ4v) is 5.29. The maximum Gasteiger partial charge on any atom is 0.270 e. The standard InChI is InChI=1S/C17H25N3O5S/c1-2-14(16-6-5-11-25-16)18-15-8-7-13(20(21)22)12-17(15)26(23,24)19-9-3-4-10-19/h7-8,12,14,16,18H,2-6,9-11H2,1H3. The molecule has 1 aromatic carbocycles. The summed E-state index contributed by atoms with van der Waals surface area (Å²) in [6, 6.07) is 3.97. The predicted molar refractivity (Wildman–Crippen MR) is 97.8 cm³/mol. The van der Waals surface area contributed by atoms with Gasteiger partial charge in [0.25, 0.3) is 5.69 Å². The third-order valence-corrected chi connectivity index (χ3v) is 6.99. The highest BCUT2D eigenvalue weighted by Crippen LogP contribution is 2.32. The Balaban J connectivity index is 1.97. The number of nitro benzene ring substituents is 1. The molecular formula is C17H25N3O5S. The first-order valence-electron chi connectivity index (χ1n) is 9.10. The molecule has 1 aromatic rings. The van der Waals surface area contributed by atoms with Crippen molar-refractivity contribution in [2.24, 2.45) is 0 Å². The van der Waals surface area contributed by atoms with Crippen LogP contribution in [0.15, 0.2) is 23.1 Å². The van der Waals surface area contributed by atoms with Crippen LogP contribution in [0.25, 0.3) is 0 Å². The average Bonchev–Trinajstić information content (AvgIpc) is 3.33. The maximum absolute atomic E-state index is 13.1. The Morgan fingerprint density at radius 1 is 1.35 bits per heavy atom. The van der Waals surface area contributed by atoms with Crippen molar-refractivity contribution in [3.63, 3.8) is 0 Å². The largest absolute Gasteiger partial charge is 0.379 e. The molecule has 0 radical (unpaired) electrons. The first kappa shape index (κ1) is 19.1. The summed E-state index contributed by atoms with van der Waals surface area (Å²) in [5.74, 6) is 0. The van der Waals surface area contributed by atoms with Crippen LogP contribution in [-0.2, 0) is 14.8 Å². The second-order valence-electron chi connectivity index (χ2n) is 6.76. The number of nitrogens with one attached hydrogen (secondary N) is 1. The summed E-state index contributed by atoms with van der Waals surface area (Å²) in [6.45, 7) is 3.63. The predicted octanol–water partition coefficient (Wildman–Crippen LogP) is 2.75. The van der Waals surface area contributed by atoms with Crippen molar-refractivity contribution < 1.29 is 18.1 Å². The molecule has 0 amide bonds. The molecule has 0 bridgehead atoms. The molecule has 2 unspecified atom stereocenters. The Bertz CT molecular complexity index is 756. The summed E-state index contributed by atoms with van der Waals surface area (Å²) in [7, 11) is -3.78. The quantitative estimate of drug-likeness (QED) is 0.574. The van der Waals surface area contributed by atoms with Crippen molar-refractivity contribution in [3.8, 4) is 0 Å². The van der Waals surface area contributed by atoms with Gasteiger partial charge in [-0.2, -0.15) is 4.31 Å². The van der Waals surface area contributed by atoms with E-state index in [-0.39, 0.29) is 22.7 Å². The summed E-state index contributed by atoms with van der Waals surface area (Å²) >= 11 is 0. The van der Waals surface area contributed by atoms with E-state index in [9.17, 15) is 18.5 Å². The van der Waals surface area contributed by atoms with E-state index in [4.69, 9.17) is 4.74 Å². The van der Waals surface area contributed by atoms with Crippen molar-refractivity contribution in [2.45, 2.75) is 56.1 Å². The molecule has 1 N–H and O–H groups in total. The molecule has 0 aliphatic carbocycles. The topological polar surface area (TPSA) is 102 Å². The summed E-state index contributed by atoms with van der Waals surface area (Å²) in [5.41, 5.74) is 0.184. The molecule has 2 atom stereocenters. The number of ether oxygens (including phenoxy) is 1. The second kappa shape index (κ2) is 7.89. The fourth-order valence-electron chi connectivity index (χ4n) is 3.60. The molecule has 3 rings (SSSR count). The Morgan fingerprint density at radius 3 is 2.65 bits per heavy atom. The lowest BCUT2D eigenvalue weighted by atomic mass is 10.1. The number of nitro groups is 1. The van der Waals surface area contributed by atoms with Crippen molar-refractivity contribution in [2.75, 3.05) is 25.0 Å². The van der Waals surface area contributed by atoms with Gasteiger partial charge in [0.2, 0.25) is 10.0 Å². The molecule has 2 aliphatic rings. The Kier molecular flexibility index (Phi) is 5.79. The van der Waals surface area contributed by atoms with E-state index < -0.39 is 14.9 Å². The lowest BCUT2D eigenvalue weighted by Gasteiger charge is -2.26. The number of hydrogen-bond acceptors (Lipinski definition) is 6. The van der Waals surface area contributed by atoms with Crippen LogP contribution < -0.4 is 5.32 Å². The third-order valence-electron chi connectivity index (χ3n) is 5.05. The van der Waals surface area contributed by atoms with E-state index in [1.54, 1.807) is 0 Å². The van der Waals surface area contributed by atoms with Crippen LogP contribution in [0.1, 0.15) is 39.0 Å². The first-order valence-corrected chi connectivity index (χ1v) is 10.5. The number of rotatable bonds is 7. The zero-order chi connectivity index (χ0) is 18.7. The average molecular weight is 383 g/mol. The Hall–Kier alpha value is -1.71. The summed E-state index contributed by atoms with van der Waals surface area (Å²) in [4.78, 5) is 10.6. The van der Waals surface area contributed by atoms with Gasteiger partial charge in [-0.25, -0.2) is 8.42 Å². The summed E-state index contributed by atoms with van der Waals surface area (Å²) < 4.78 is 33.2. The normalized spacial score (nSPS) is 22.4. The minimum Gasteiger partial charge on any atom is -0.379 e. The summed E-state index contributed by atoms with van der Waals surface area (Å²) in [5, 5.41) is 14.4. The molecule has 2 fully saturated rings. The summed E-state index contributed by atoms with van der Waals surface area (Å²) in [6.07, 6.45) is 4.33. The van der Waals surface area contributed by atoms with Crippen molar-refractivity contribution in [1.29, 1.82) is 0 Å². The highest BCUT2D eigenvalue weighted by molar-refractivity contribution is 7.89. The van der Waals surface area contributed by atoms with Crippen LogP contribution in [0.3, 0.4) is 0 Å². The monoisotopic (exact) mass is 383 g/mol. The van der Waals surface area contributed by atoms with Crippen LogP contribution in [0.4, 0.5) is 11.4 Å². The van der Waals surface area contributed by atoms with Crippen molar-refractivity contribution in [1.82, 2.24) is 4.31 Å². The van der Waals surface area contributed by atoms with E-state index in [0.29, 0.717) is 25.4 Å². The molecule has 2 aliphatic heterocycles. The van der Waals surface area contributed by atoms with Gasteiger partial charge in [-0.15, -0.1) is 0 Å². The van der Waals surface area contributed by atoms with Gasteiger partial charge < -0.3 is 10.1 Å². The highest BCUT2D eigenvalue weighted by Gasteiger charge is 2.32. The van der Waals surface area contributed by atoms with E-state index in [2.05, 4.69) is 5.32 Å². The van der Waals surface area contributed by atoms with Gasteiger partial charge in [-0.05, 0) is 38.2 Å². The number of non-ortho nitro benzene ring substituents is 1. The fraction of sp³-hybridized carbons (Fsp3) is 0.647. The minimum absolute atomic E-state index is 0.0231. The smallest absolute Gasteiger partial charge is 0.270 e. The molecule has 0 saturated carbocycles. The number of nitrogens with zero attached hydrogens (tertiary/aromatic N) is 2. The van der Waals surface area contributed by atoms with E-state index in [1.165, 1.54) is 16.4 Å². The van der Waals surface area contributed by atoms with Crippen LogP contribution >= 0.6 is 0 Å². The molecular weight excluding hydrogens is 358 g/mol. The van der Waals surface area contributed by atoms with Gasteiger partial charge in [0.1, 0.15) is 4.90 Å². The van der Waals surface area contributed by atoms with E-state index >= 15 is 0 Å². The zero-order valence-corrected chi connectivity index (χ0v) is 15.7. The van der Waals surface area contributed by atoms with Crippen LogP contribution in [0, 0.1) is 10.1 Å². The first-order chi connectivity index (χ1) is 12.4. The Morgan fingerprint density at radius 2 is 2.08 bits per heavy atom. The van der Waals surface area contributed by atoms with Crippen LogP contribution in [0.5, 0.6) is 0 Å². The Labute approximate surface area is 153 Å². The lowest BCUT2D eigenvalue weighted by molar-refractivity contribution is -0.385. The number of hydrogen-bond donors (Lipinski definition) is 1. The number of benzene rings is 1. The van der Waals surface area contributed by atoms with E-state index in [0.717, 1.165) is 38.2 Å². The molecule has 9 heteroatoms. The van der Waals surface area contributed by atoms with Gasteiger partial charge in [-0.1, -0.05) is 6.92 Å². The molecule has 0 aromatic heterocycles. The van der Waals surface area contributed by atoms with Gasteiger partial charge >= 0.3 is 0 Å². The third kappa shape index (κ3) is 3.84. The SMILES string of the molecule is CCC(Nc1ccc([N+](=O)[O-])cc1S(=O)(=O)N1CCCC1)C1CCCO1. The maximum atomic E-state index is 13.1. The highest BCUT2D eigenvalue weighted by atomic mass is 32.2. The molecule has 2 heterocycles. The van der Waals surface area contributed by atoms with Gasteiger partial charge in [0.05, 0.1) is 22.8 Å². The lowest BCUT2D eigenvalue weighted by Crippen LogP contribution is -2.34.